The fourth-order valence-electron chi connectivity index (χ4n) is 1.69. The Kier molecular flexibility index (Phi) is 4.79. The summed E-state index contributed by atoms with van der Waals surface area (Å²) < 4.78 is 45.4. The molecule has 0 unspecified atom stereocenters. The van der Waals surface area contributed by atoms with Crippen LogP contribution in [0.2, 0.25) is 0 Å². The predicted molar refractivity (Wildman–Crippen MR) is 68.7 cm³/mol. The quantitative estimate of drug-likeness (QED) is 0.831. The zero-order chi connectivity index (χ0) is 15.3. The molecule has 0 aliphatic rings. The predicted octanol–water partition coefficient (Wildman–Crippen LogP) is 2.79. The first-order valence-electron chi connectivity index (χ1n) is 6.31. The Labute approximate surface area is 119 Å². The number of nitrogens with zero attached hydrogens (tertiary/aromatic N) is 2. The summed E-state index contributed by atoms with van der Waals surface area (Å²) in [7, 11) is 1.85. The second-order valence-electron chi connectivity index (χ2n) is 4.28. The molecule has 0 radical (unpaired) electrons. The van der Waals surface area contributed by atoms with Crippen LogP contribution in [0.25, 0.3) is 11.5 Å². The van der Waals surface area contributed by atoms with E-state index in [1.807, 2.05) is 7.05 Å². The molecular weight excluding hydrogens is 287 g/mol. The van der Waals surface area contributed by atoms with E-state index in [2.05, 4.69) is 20.3 Å². The van der Waals surface area contributed by atoms with E-state index in [-0.39, 0.29) is 11.6 Å². The van der Waals surface area contributed by atoms with Crippen molar-refractivity contribution >= 4 is 0 Å². The minimum Gasteiger partial charge on any atom is -0.421 e. The summed E-state index contributed by atoms with van der Waals surface area (Å²) in [4.78, 5) is 0. The molecule has 114 valence electrons. The molecule has 0 aliphatic heterocycles. The number of aryl methyl sites for hydroxylation is 1. The minimum atomic E-state index is -4.70. The molecule has 0 spiro atoms. The molecule has 0 aliphatic carbocycles. The topological polar surface area (TPSA) is 60.2 Å². The lowest BCUT2D eigenvalue weighted by molar-refractivity contribution is -0.274. The Morgan fingerprint density at radius 2 is 1.90 bits per heavy atom. The number of aromatic nitrogens is 2. The lowest BCUT2D eigenvalue weighted by Crippen LogP contribution is -2.16. The highest BCUT2D eigenvalue weighted by atomic mass is 19.4. The summed E-state index contributed by atoms with van der Waals surface area (Å²) in [6, 6.07) is 5.28. The molecule has 1 aromatic heterocycles. The summed E-state index contributed by atoms with van der Waals surface area (Å²) in [5, 5.41) is 10.8. The van der Waals surface area contributed by atoms with E-state index in [0.717, 1.165) is 13.0 Å². The molecule has 1 heterocycles. The van der Waals surface area contributed by atoms with Crippen LogP contribution in [0.5, 0.6) is 5.75 Å². The van der Waals surface area contributed by atoms with Crippen molar-refractivity contribution in [2.75, 3.05) is 13.6 Å². The van der Waals surface area contributed by atoms with Crippen LogP contribution >= 0.6 is 0 Å². The van der Waals surface area contributed by atoms with Crippen LogP contribution in [0.4, 0.5) is 13.2 Å². The molecule has 1 aromatic carbocycles. The van der Waals surface area contributed by atoms with Gasteiger partial charge < -0.3 is 14.5 Å². The Bertz CT molecular complexity index is 567. The SMILES string of the molecule is CNCCCc1nnc(-c2ccc(OC(F)(F)F)cc2)o1. The van der Waals surface area contributed by atoms with Gasteiger partial charge in [0, 0.05) is 12.0 Å². The van der Waals surface area contributed by atoms with Gasteiger partial charge in [0.25, 0.3) is 0 Å². The van der Waals surface area contributed by atoms with Crippen molar-refractivity contribution in [2.24, 2.45) is 0 Å². The van der Waals surface area contributed by atoms with Gasteiger partial charge in [0.2, 0.25) is 11.8 Å². The lowest BCUT2D eigenvalue weighted by Gasteiger charge is -2.08. The molecule has 5 nitrogen and oxygen atoms in total. The van der Waals surface area contributed by atoms with Crippen molar-refractivity contribution in [2.45, 2.75) is 19.2 Å². The van der Waals surface area contributed by atoms with Crippen LogP contribution < -0.4 is 10.1 Å². The van der Waals surface area contributed by atoms with Crippen LogP contribution in [0.3, 0.4) is 0 Å². The second-order valence-corrected chi connectivity index (χ2v) is 4.28. The van der Waals surface area contributed by atoms with E-state index in [1.165, 1.54) is 24.3 Å². The number of halogens is 3. The molecule has 0 saturated carbocycles. The molecule has 1 N–H and O–H groups in total. The smallest absolute Gasteiger partial charge is 0.421 e. The maximum atomic E-state index is 12.0. The molecule has 0 atom stereocenters. The van der Waals surface area contributed by atoms with Gasteiger partial charge in [-0.2, -0.15) is 0 Å². The molecule has 0 saturated heterocycles. The van der Waals surface area contributed by atoms with Gasteiger partial charge in [-0.1, -0.05) is 0 Å². The molecule has 8 heteroatoms. The fraction of sp³-hybridized carbons (Fsp3) is 0.385. The first-order valence-corrected chi connectivity index (χ1v) is 6.31. The molecule has 2 rings (SSSR count). The zero-order valence-corrected chi connectivity index (χ0v) is 11.3. The molecule has 21 heavy (non-hydrogen) atoms. The molecule has 2 aromatic rings. The Hall–Kier alpha value is -2.09. The van der Waals surface area contributed by atoms with Crippen molar-refractivity contribution in [3.8, 4) is 17.2 Å². The van der Waals surface area contributed by atoms with Crippen LogP contribution in [0.15, 0.2) is 28.7 Å². The van der Waals surface area contributed by atoms with Crippen molar-refractivity contribution in [1.82, 2.24) is 15.5 Å². The Morgan fingerprint density at radius 3 is 2.52 bits per heavy atom. The van der Waals surface area contributed by atoms with E-state index in [0.29, 0.717) is 17.9 Å². The van der Waals surface area contributed by atoms with Gasteiger partial charge >= 0.3 is 6.36 Å². The molecule has 0 fully saturated rings. The van der Waals surface area contributed by atoms with E-state index < -0.39 is 6.36 Å². The summed E-state index contributed by atoms with van der Waals surface area (Å²) >= 11 is 0. The Balaban J connectivity index is 2.02. The third-order valence-electron chi connectivity index (χ3n) is 2.62. The van der Waals surface area contributed by atoms with Crippen LogP contribution in [-0.2, 0) is 6.42 Å². The highest BCUT2D eigenvalue weighted by Gasteiger charge is 2.31. The average molecular weight is 301 g/mol. The molecule has 0 bridgehead atoms. The summed E-state index contributed by atoms with van der Waals surface area (Å²) in [6.07, 6.45) is -3.20. The maximum Gasteiger partial charge on any atom is 0.573 e. The summed E-state index contributed by atoms with van der Waals surface area (Å²) in [5.74, 6) is 0.476. The van der Waals surface area contributed by atoms with E-state index >= 15 is 0 Å². The number of rotatable bonds is 6. The summed E-state index contributed by atoms with van der Waals surface area (Å²) in [5.41, 5.74) is 0.539. The van der Waals surface area contributed by atoms with Gasteiger partial charge in [-0.05, 0) is 44.3 Å². The number of hydrogen-bond donors (Lipinski definition) is 1. The van der Waals surface area contributed by atoms with Gasteiger partial charge in [-0.3, -0.25) is 0 Å². The van der Waals surface area contributed by atoms with Gasteiger partial charge in [0.05, 0.1) is 0 Å². The number of hydrogen-bond acceptors (Lipinski definition) is 5. The van der Waals surface area contributed by atoms with Crippen LogP contribution in [0, 0.1) is 0 Å². The minimum absolute atomic E-state index is 0.271. The standard InChI is InChI=1S/C13H14F3N3O2/c1-17-8-2-3-11-18-19-12(20-11)9-4-6-10(7-5-9)21-13(14,15)16/h4-7,17H,2-3,8H2,1H3. The van der Waals surface area contributed by atoms with Crippen molar-refractivity contribution in [1.29, 1.82) is 0 Å². The Morgan fingerprint density at radius 1 is 1.19 bits per heavy atom. The largest absolute Gasteiger partial charge is 0.573 e. The van der Waals surface area contributed by atoms with Crippen molar-refractivity contribution in [3.63, 3.8) is 0 Å². The molecular formula is C13H14F3N3O2. The van der Waals surface area contributed by atoms with Crippen LogP contribution in [0.1, 0.15) is 12.3 Å². The summed E-state index contributed by atoms with van der Waals surface area (Å²) in [6.45, 7) is 0.835. The number of nitrogens with one attached hydrogen (secondary N) is 1. The third kappa shape index (κ3) is 4.75. The van der Waals surface area contributed by atoms with Crippen molar-refractivity contribution in [3.05, 3.63) is 30.2 Å². The normalized spacial score (nSPS) is 11.6. The first kappa shape index (κ1) is 15.3. The van der Waals surface area contributed by atoms with E-state index in [4.69, 9.17) is 4.42 Å². The third-order valence-corrected chi connectivity index (χ3v) is 2.62. The number of ether oxygens (including phenoxy) is 1. The van der Waals surface area contributed by atoms with Gasteiger partial charge in [0.15, 0.2) is 0 Å². The fourth-order valence-corrected chi connectivity index (χ4v) is 1.69. The van der Waals surface area contributed by atoms with E-state index in [1.54, 1.807) is 0 Å². The maximum absolute atomic E-state index is 12.0. The first-order chi connectivity index (χ1) is 9.98. The van der Waals surface area contributed by atoms with E-state index in [9.17, 15) is 13.2 Å². The molecule has 0 amide bonds. The zero-order valence-electron chi connectivity index (χ0n) is 11.3. The lowest BCUT2D eigenvalue weighted by atomic mass is 10.2. The van der Waals surface area contributed by atoms with Gasteiger partial charge in [-0.25, -0.2) is 0 Å². The van der Waals surface area contributed by atoms with Gasteiger partial charge in [0.1, 0.15) is 5.75 Å². The van der Waals surface area contributed by atoms with Gasteiger partial charge in [-0.15, -0.1) is 23.4 Å². The number of benzene rings is 1. The van der Waals surface area contributed by atoms with Crippen molar-refractivity contribution < 1.29 is 22.3 Å². The van der Waals surface area contributed by atoms with Crippen LogP contribution in [-0.4, -0.2) is 30.2 Å². The second kappa shape index (κ2) is 6.57. The highest BCUT2D eigenvalue weighted by molar-refractivity contribution is 5.53. The monoisotopic (exact) mass is 301 g/mol. The average Bonchev–Trinajstić information content (AvgIpc) is 2.87. The number of alkyl halides is 3. The highest BCUT2D eigenvalue weighted by Crippen LogP contribution is 2.26.